The fourth-order valence-corrected chi connectivity index (χ4v) is 3.25. The smallest absolute Gasteiger partial charge is 0.412 e. The SMILES string of the molecule is C/C=C(\C)OC(=O)NCc1cccc(-c2cnc(N3Cc4cccnc4C3)nc2)c1. The van der Waals surface area contributed by atoms with Crippen molar-refractivity contribution < 1.29 is 9.53 Å². The Balaban J connectivity index is 1.41. The molecule has 0 aliphatic carbocycles. The fourth-order valence-electron chi connectivity index (χ4n) is 3.25. The minimum Gasteiger partial charge on any atom is -0.416 e. The molecule has 1 N–H and O–H groups in total. The number of hydrogen-bond acceptors (Lipinski definition) is 6. The molecule has 7 nitrogen and oxygen atoms in total. The number of hydrogen-bond donors (Lipinski definition) is 1. The van der Waals surface area contributed by atoms with Crippen molar-refractivity contribution >= 4 is 12.0 Å². The molecule has 1 aromatic carbocycles. The first kappa shape index (κ1) is 19.6. The number of carbonyl (C=O) groups excluding carboxylic acids is 1. The number of allylic oxidation sites excluding steroid dienone is 2. The zero-order chi connectivity index (χ0) is 20.9. The van der Waals surface area contributed by atoms with Crippen molar-refractivity contribution in [2.24, 2.45) is 0 Å². The highest BCUT2D eigenvalue weighted by Crippen LogP contribution is 2.25. The molecule has 0 saturated carbocycles. The summed E-state index contributed by atoms with van der Waals surface area (Å²) in [7, 11) is 0. The van der Waals surface area contributed by atoms with Gasteiger partial charge in [0.25, 0.3) is 0 Å². The van der Waals surface area contributed by atoms with Gasteiger partial charge in [-0.1, -0.05) is 24.3 Å². The van der Waals surface area contributed by atoms with E-state index in [2.05, 4.69) is 31.2 Å². The van der Waals surface area contributed by atoms with Gasteiger partial charge in [-0.15, -0.1) is 0 Å². The number of benzene rings is 1. The number of ether oxygens (including phenoxy) is 1. The number of fused-ring (bicyclic) bond motifs is 1. The summed E-state index contributed by atoms with van der Waals surface area (Å²) >= 11 is 0. The van der Waals surface area contributed by atoms with Gasteiger partial charge < -0.3 is 15.0 Å². The second kappa shape index (κ2) is 8.73. The Morgan fingerprint density at radius 3 is 2.73 bits per heavy atom. The zero-order valence-corrected chi connectivity index (χ0v) is 17.0. The Labute approximate surface area is 175 Å². The molecule has 1 amide bonds. The van der Waals surface area contributed by atoms with Gasteiger partial charge in [-0.05, 0) is 48.7 Å². The van der Waals surface area contributed by atoms with Crippen molar-refractivity contribution in [3.8, 4) is 11.1 Å². The second-order valence-electron chi connectivity index (χ2n) is 7.08. The summed E-state index contributed by atoms with van der Waals surface area (Å²) in [6, 6.07) is 12.0. The molecule has 0 radical (unpaired) electrons. The van der Waals surface area contributed by atoms with Crippen LogP contribution < -0.4 is 10.2 Å². The third kappa shape index (κ3) is 4.46. The van der Waals surface area contributed by atoms with Crippen LogP contribution in [0.2, 0.25) is 0 Å². The van der Waals surface area contributed by atoms with Crippen LogP contribution in [0.4, 0.5) is 10.7 Å². The van der Waals surface area contributed by atoms with E-state index < -0.39 is 6.09 Å². The molecule has 4 rings (SSSR count). The second-order valence-corrected chi connectivity index (χ2v) is 7.08. The molecule has 1 aliphatic heterocycles. The van der Waals surface area contributed by atoms with Crippen LogP contribution in [-0.4, -0.2) is 21.0 Å². The van der Waals surface area contributed by atoms with Crippen LogP contribution >= 0.6 is 0 Å². The third-order valence-corrected chi connectivity index (χ3v) is 4.96. The topological polar surface area (TPSA) is 80.2 Å². The molecular weight excluding hydrogens is 378 g/mol. The summed E-state index contributed by atoms with van der Waals surface area (Å²) in [4.78, 5) is 27.4. The predicted molar refractivity (Wildman–Crippen MR) is 114 cm³/mol. The van der Waals surface area contributed by atoms with Crippen molar-refractivity contribution in [1.82, 2.24) is 20.3 Å². The van der Waals surface area contributed by atoms with Gasteiger partial charge in [0, 0.05) is 37.2 Å². The van der Waals surface area contributed by atoms with Crippen molar-refractivity contribution in [2.75, 3.05) is 4.90 Å². The van der Waals surface area contributed by atoms with Gasteiger partial charge in [0.2, 0.25) is 5.95 Å². The van der Waals surface area contributed by atoms with E-state index >= 15 is 0 Å². The number of nitrogens with one attached hydrogen (secondary N) is 1. The molecule has 0 atom stereocenters. The van der Waals surface area contributed by atoms with Crippen LogP contribution in [0.5, 0.6) is 0 Å². The van der Waals surface area contributed by atoms with Crippen molar-refractivity contribution in [3.05, 3.63) is 83.6 Å². The molecule has 1 aliphatic rings. The molecule has 0 saturated heterocycles. The van der Waals surface area contributed by atoms with Crippen LogP contribution in [0.15, 0.2) is 66.8 Å². The highest BCUT2D eigenvalue weighted by Gasteiger charge is 2.21. The van der Waals surface area contributed by atoms with Crippen LogP contribution in [0, 0.1) is 0 Å². The van der Waals surface area contributed by atoms with E-state index in [9.17, 15) is 4.79 Å². The van der Waals surface area contributed by atoms with Gasteiger partial charge in [0.05, 0.1) is 12.2 Å². The van der Waals surface area contributed by atoms with Gasteiger partial charge in [-0.3, -0.25) is 4.98 Å². The molecular formula is C23H23N5O2. The maximum absolute atomic E-state index is 11.8. The minimum absolute atomic E-state index is 0.377. The Kier molecular flexibility index (Phi) is 5.70. The standard InChI is InChI=1S/C23H23N5O2/c1-3-16(2)30-23(29)27-11-17-6-4-7-18(10-17)20-12-25-22(26-13-20)28-14-19-8-5-9-24-21(19)15-28/h3-10,12-13H,11,14-15H2,1-2H3,(H,27,29)/b16-3+. The van der Waals surface area contributed by atoms with E-state index in [1.165, 1.54) is 5.56 Å². The Morgan fingerprint density at radius 2 is 1.97 bits per heavy atom. The summed E-state index contributed by atoms with van der Waals surface area (Å²) in [6.07, 6.45) is 6.74. The summed E-state index contributed by atoms with van der Waals surface area (Å²) in [5, 5.41) is 2.75. The maximum Gasteiger partial charge on any atom is 0.412 e. The monoisotopic (exact) mass is 401 g/mol. The molecule has 0 bridgehead atoms. The molecule has 30 heavy (non-hydrogen) atoms. The lowest BCUT2D eigenvalue weighted by atomic mass is 10.1. The normalized spacial score (nSPS) is 13.1. The number of anilines is 1. The predicted octanol–water partition coefficient (Wildman–Crippen LogP) is 4.21. The molecule has 3 aromatic rings. The van der Waals surface area contributed by atoms with Gasteiger partial charge >= 0.3 is 6.09 Å². The Hall–Kier alpha value is -3.74. The lowest BCUT2D eigenvalue weighted by molar-refractivity contribution is 0.175. The first-order valence-corrected chi connectivity index (χ1v) is 9.80. The maximum atomic E-state index is 11.8. The molecule has 0 fully saturated rings. The van der Waals surface area contributed by atoms with Gasteiger partial charge in [0.1, 0.15) is 5.76 Å². The summed E-state index contributed by atoms with van der Waals surface area (Å²) < 4.78 is 5.10. The van der Waals surface area contributed by atoms with Gasteiger partial charge in [-0.25, -0.2) is 14.8 Å². The van der Waals surface area contributed by atoms with E-state index in [4.69, 9.17) is 4.74 Å². The van der Waals surface area contributed by atoms with Crippen LogP contribution in [0.25, 0.3) is 11.1 Å². The highest BCUT2D eigenvalue weighted by atomic mass is 16.6. The molecule has 0 spiro atoms. The number of aromatic nitrogens is 3. The minimum atomic E-state index is -0.468. The number of amides is 1. The van der Waals surface area contributed by atoms with Crippen molar-refractivity contribution in [1.29, 1.82) is 0 Å². The number of alkyl carbamates (subject to hydrolysis) is 1. The average molecular weight is 401 g/mol. The lowest BCUT2D eigenvalue weighted by Gasteiger charge is -2.15. The van der Waals surface area contributed by atoms with Crippen molar-refractivity contribution in [3.63, 3.8) is 0 Å². The molecule has 152 valence electrons. The van der Waals surface area contributed by atoms with Crippen molar-refractivity contribution in [2.45, 2.75) is 33.5 Å². The number of rotatable bonds is 5. The number of pyridine rings is 1. The summed E-state index contributed by atoms with van der Waals surface area (Å²) in [6.45, 7) is 5.42. The number of carbonyl (C=O) groups is 1. The van der Waals surface area contributed by atoms with Gasteiger partial charge in [-0.2, -0.15) is 0 Å². The van der Waals surface area contributed by atoms with E-state index in [1.54, 1.807) is 13.0 Å². The third-order valence-electron chi connectivity index (χ3n) is 4.96. The highest BCUT2D eigenvalue weighted by molar-refractivity contribution is 5.68. The van der Waals surface area contributed by atoms with Crippen LogP contribution in [0.1, 0.15) is 30.7 Å². The number of nitrogens with zero attached hydrogens (tertiary/aromatic N) is 4. The first-order valence-electron chi connectivity index (χ1n) is 9.80. The summed E-state index contributed by atoms with van der Waals surface area (Å²) in [5.41, 5.74) is 5.17. The molecule has 0 unspecified atom stereocenters. The Morgan fingerprint density at radius 1 is 1.13 bits per heavy atom. The average Bonchev–Trinajstić information content (AvgIpc) is 3.22. The van der Waals surface area contributed by atoms with Crippen LogP contribution in [-0.2, 0) is 24.4 Å². The van der Waals surface area contributed by atoms with E-state index in [0.29, 0.717) is 18.3 Å². The van der Waals surface area contributed by atoms with E-state index in [-0.39, 0.29) is 0 Å². The largest absolute Gasteiger partial charge is 0.416 e. The fraction of sp³-hybridized carbons (Fsp3) is 0.217. The molecule has 2 aromatic heterocycles. The molecule has 7 heteroatoms. The van der Waals surface area contributed by atoms with E-state index in [0.717, 1.165) is 35.5 Å². The van der Waals surface area contributed by atoms with E-state index in [1.807, 2.05) is 55.8 Å². The summed E-state index contributed by atoms with van der Waals surface area (Å²) in [5.74, 6) is 1.26. The van der Waals surface area contributed by atoms with Crippen LogP contribution in [0.3, 0.4) is 0 Å². The molecule has 3 heterocycles. The van der Waals surface area contributed by atoms with Gasteiger partial charge in [0.15, 0.2) is 0 Å². The first-order chi connectivity index (χ1) is 14.6. The Bertz CT molecular complexity index is 1050. The lowest BCUT2D eigenvalue weighted by Crippen LogP contribution is -2.23. The zero-order valence-electron chi connectivity index (χ0n) is 17.0. The quantitative estimate of drug-likeness (QED) is 0.645.